The summed E-state index contributed by atoms with van der Waals surface area (Å²) in [7, 11) is 0. The number of ether oxygens (including phenoxy) is 3. The van der Waals surface area contributed by atoms with Gasteiger partial charge in [-0.15, -0.1) is 30.3 Å². The number of nitrogens with two attached hydrogens (primary N) is 1. The van der Waals surface area contributed by atoms with E-state index in [-0.39, 0.29) is 28.5 Å². The molecule has 0 spiro atoms. The number of para-hydroxylation sites is 1. The summed E-state index contributed by atoms with van der Waals surface area (Å²) in [5.74, 6) is -2.73. The molecule has 0 amide bonds. The van der Waals surface area contributed by atoms with E-state index in [1.807, 2.05) is 0 Å². The Labute approximate surface area is 252 Å². The van der Waals surface area contributed by atoms with Gasteiger partial charge in [-0.3, -0.25) is 9.59 Å². The highest BCUT2D eigenvalue weighted by Crippen LogP contribution is 2.26. The monoisotopic (exact) mass is 640 g/mol. The van der Waals surface area contributed by atoms with Crippen molar-refractivity contribution < 1.29 is 58.4 Å². The first-order chi connectivity index (χ1) is 20.8. The van der Waals surface area contributed by atoms with Crippen LogP contribution in [0.25, 0.3) is 0 Å². The highest BCUT2D eigenvalue weighted by molar-refractivity contribution is 7.80. The van der Waals surface area contributed by atoms with Crippen LogP contribution in [0.2, 0.25) is 0 Å². The molecule has 0 fully saturated rings. The van der Waals surface area contributed by atoms with E-state index in [1.54, 1.807) is 12.1 Å². The van der Waals surface area contributed by atoms with Crippen LogP contribution >= 0.6 is 12.2 Å². The molecule has 0 aliphatic carbocycles. The van der Waals surface area contributed by atoms with E-state index in [0.717, 1.165) is 0 Å². The number of benzene rings is 2. The number of hydrogen-bond donors (Lipinski definition) is 1. The molecular weight excluding hydrogens is 616 g/mol. The number of carbonyl (C=O) groups excluding carboxylic acids is 3. The molecule has 2 aromatic rings. The Morgan fingerprint density at radius 2 is 1.27 bits per heavy atom. The summed E-state index contributed by atoms with van der Waals surface area (Å²) >= 11 is 4.84. The van der Waals surface area contributed by atoms with E-state index in [1.165, 1.54) is 36.4 Å². The molecule has 0 saturated heterocycles. The lowest BCUT2D eigenvalue weighted by atomic mass is 9.87. The van der Waals surface area contributed by atoms with Crippen LogP contribution in [0, 0.1) is 35.8 Å². The van der Waals surface area contributed by atoms with Gasteiger partial charge in [-0.05, 0) is 42.8 Å². The van der Waals surface area contributed by atoms with E-state index < -0.39 is 77.9 Å². The van der Waals surface area contributed by atoms with Gasteiger partial charge in [0.25, 0.3) is 15.3 Å². The first-order valence-electron chi connectivity index (χ1n) is 12.2. The number of thiocarbonyl (C=S) groups is 1. The van der Waals surface area contributed by atoms with Crippen molar-refractivity contribution in [3.05, 3.63) is 90.0 Å². The molecule has 2 rings (SSSR count). The first-order valence-corrected chi connectivity index (χ1v) is 12.6. The van der Waals surface area contributed by atoms with Crippen molar-refractivity contribution in [2.75, 3.05) is 26.4 Å². The lowest BCUT2D eigenvalue weighted by molar-refractivity contribution is -0.782. The van der Waals surface area contributed by atoms with Gasteiger partial charge >= 0.3 is 17.9 Å². The molecule has 2 N–H and O–H groups in total. The molecule has 20 heteroatoms. The third kappa shape index (κ3) is 12.1. The maximum atomic E-state index is 12.7. The number of hydrogen-bond acceptors (Lipinski definition) is 16. The summed E-state index contributed by atoms with van der Waals surface area (Å²) < 4.78 is 15.4. The molecule has 44 heavy (non-hydrogen) atoms. The van der Waals surface area contributed by atoms with Crippen LogP contribution in [0.3, 0.4) is 0 Å². The van der Waals surface area contributed by atoms with Crippen molar-refractivity contribution in [1.29, 1.82) is 0 Å². The van der Waals surface area contributed by atoms with Crippen molar-refractivity contribution in [1.82, 2.24) is 0 Å². The minimum absolute atomic E-state index is 0.162. The fourth-order valence-corrected chi connectivity index (χ4v) is 3.46. The number of esters is 3. The predicted molar refractivity (Wildman–Crippen MR) is 145 cm³/mol. The Morgan fingerprint density at radius 3 is 1.77 bits per heavy atom. The zero-order valence-electron chi connectivity index (χ0n) is 22.5. The van der Waals surface area contributed by atoms with E-state index in [9.17, 15) is 44.7 Å². The average Bonchev–Trinajstić information content (AvgIpc) is 2.97. The summed E-state index contributed by atoms with van der Waals surface area (Å²) in [6.45, 7) is -3.43. The number of rotatable bonds is 19. The minimum Gasteiger partial charge on any atom is -0.462 e. The second-order valence-corrected chi connectivity index (χ2v) is 9.15. The third-order valence-electron chi connectivity index (χ3n) is 5.53. The maximum Gasteiger partial charge on any atom is 0.341 e. The predicted octanol–water partition coefficient (Wildman–Crippen LogP) is 1.77. The molecule has 0 aromatic heterocycles. The quantitative estimate of drug-likeness (QED) is 0.0753. The second kappa shape index (κ2) is 16.7. The van der Waals surface area contributed by atoms with E-state index in [2.05, 4.69) is 14.5 Å². The van der Waals surface area contributed by atoms with Gasteiger partial charge in [-0.1, -0.05) is 24.4 Å². The molecule has 0 aliphatic rings. The molecule has 0 radical (unpaired) electrons. The third-order valence-corrected chi connectivity index (χ3v) is 5.76. The van der Waals surface area contributed by atoms with Gasteiger partial charge in [0.1, 0.15) is 41.9 Å². The molecule has 236 valence electrons. The average molecular weight is 641 g/mol. The van der Waals surface area contributed by atoms with Crippen LogP contribution < -0.4 is 15.2 Å². The van der Waals surface area contributed by atoms with Gasteiger partial charge in [-0.25, -0.2) is 4.79 Å². The molecule has 0 unspecified atom stereocenters. The van der Waals surface area contributed by atoms with Crippen molar-refractivity contribution in [3.63, 3.8) is 0 Å². The molecule has 19 nitrogen and oxygen atoms in total. The Morgan fingerprint density at radius 1 is 0.773 bits per heavy atom. The van der Waals surface area contributed by atoms with Gasteiger partial charge in [0, 0.05) is 11.0 Å². The topological polar surface area (TPSA) is 262 Å². The molecule has 2 aromatic carbocycles. The highest BCUT2D eigenvalue weighted by atomic mass is 32.1. The van der Waals surface area contributed by atoms with Gasteiger partial charge in [0.05, 0.1) is 19.4 Å². The zero-order chi connectivity index (χ0) is 32.7. The lowest BCUT2D eigenvalue weighted by Gasteiger charge is -2.30. The zero-order valence-corrected chi connectivity index (χ0v) is 23.3. The fraction of sp³-hybridized carbons (Fsp3) is 0.333. The molecule has 0 atom stereocenters. The summed E-state index contributed by atoms with van der Waals surface area (Å²) in [4.78, 5) is 82.2. The Bertz CT molecular complexity index is 1340. The largest absolute Gasteiger partial charge is 0.462 e. The first kappa shape index (κ1) is 34.5. The van der Waals surface area contributed by atoms with Crippen molar-refractivity contribution in [2.45, 2.75) is 19.3 Å². The Hall–Kier alpha value is -5.66. The fourth-order valence-electron chi connectivity index (χ4n) is 3.32. The molecule has 0 heterocycles. The van der Waals surface area contributed by atoms with Crippen molar-refractivity contribution in [2.24, 2.45) is 11.1 Å². The van der Waals surface area contributed by atoms with Gasteiger partial charge in [0.15, 0.2) is 0 Å². The molecule has 0 saturated carbocycles. The highest BCUT2D eigenvalue weighted by Gasteiger charge is 2.36. The van der Waals surface area contributed by atoms with E-state index in [4.69, 9.17) is 32.2 Å². The molecule has 0 bridgehead atoms. The second-order valence-electron chi connectivity index (χ2n) is 8.71. The van der Waals surface area contributed by atoms with Crippen molar-refractivity contribution >= 4 is 35.1 Å². The summed E-state index contributed by atoms with van der Waals surface area (Å²) in [5.41, 5.74) is 3.97. The van der Waals surface area contributed by atoms with E-state index in [0.29, 0.717) is 5.56 Å². The SMILES string of the molecule is NC(=S)c1ccc(OC(=O)CCC(=O)Oc2ccccc2C(=O)OCCC(CO[N+](=O)[O-])(CO[N+](=O)[O-])CO[N+](=O)[O-])cc1. The lowest BCUT2D eigenvalue weighted by Crippen LogP contribution is -2.40. The van der Waals surface area contributed by atoms with Gasteiger partial charge < -0.3 is 34.5 Å². The Kier molecular flexibility index (Phi) is 13.1. The summed E-state index contributed by atoms with van der Waals surface area (Å²) in [5, 5.41) is 28.3. The smallest absolute Gasteiger partial charge is 0.341 e. The van der Waals surface area contributed by atoms with Gasteiger partial charge in [0.2, 0.25) is 0 Å². The van der Waals surface area contributed by atoms with Crippen LogP contribution in [0.5, 0.6) is 11.5 Å². The number of carbonyl (C=O) groups is 3. The van der Waals surface area contributed by atoms with Crippen LogP contribution in [0.1, 0.15) is 35.2 Å². The van der Waals surface area contributed by atoms with E-state index >= 15 is 0 Å². The van der Waals surface area contributed by atoms with Crippen LogP contribution in [0.15, 0.2) is 48.5 Å². The normalized spacial score (nSPS) is 10.5. The van der Waals surface area contributed by atoms with Crippen LogP contribution in [0.4, 0.5) is 0 Å². The summed E-state index contributed by atoms with van der Waals surface area (Å²) in [6.07, 6.45) is -1.27. The molecule has 0 aliphatic heterocycles. The van der Waals surface area contributed by atoms with Crippen LogP contribution in [-0.4, -0.2) is 64.6 Å². The van der Waals surface area contributed by atoms with Crippen LogP contribution in [-0.2, 0) is 28.8 Å². The van der Waals surface area contributed by atoms with Crippen molar-refractivity contribution in [3.8, 4) is 11.5 Å². The maximum absolute atomic E-state index is 12.7. The summed E-state index contributed by atoms with van der Waals surface area (Å²) in [6, 6.07) is 11.4. The van der Waals surface area contributed by atoms with Gasteiger partial charge in [-0.2, -0.15) is 0 Å². The standard InChI is InChI=1S/C24H24N4O15S/c25-22(44)16-5-7-17(8-6-16)42-20(29)9-10-21(30)43-19-4-2-1-3-18(19)23(31)38-12-11-24(13-39-26(32)33,14-40-27(34)35)15-41-28(36)37/h1-8H,9-15H2,(H2,25,44). The minimum atomic E-state index is -1.87. The Balaban J connectivity index is 2.00. The molecular formula is C24H24N4O15S. The number of nitrogens with zero attached hydrogens (tertiary/aromatic N) is 3.